The summed E-state index contributed by atoms with van der Waals surface area (Å²) in [6, 6.07) is 6.26. The second-order valence-electron chi connectivity index (χ2n) is 6.22. The summed E-state index contributed by atoms with van der Waals surface area (Å²) >= 11 is 0. The van der Waals surface area contributed by atoms with Gasteiger partial charge in [-0.2, -0.15) is 0 Å². The second-order valence-corrected chi connectivity index (χ2v) is 6.22. The molecule has 0 aliphatic carbocycles. The van der Waals surface area contributed by atoms with Gasteiger partial charge in [-0.15, -0.1) is 0 Å². The highest BCUT2D eigenvalue weighted by Crippen LogP contribution is 2.32. The van der Waals surface area contributed by atoms with Gasteiger partial charge in [0, 0.05) is 38.3 Å². The topological polar surface area (TPSA) is 47.4 Å². The molecule has 128 valence electrons. The number of aromatic nitrogens is 2. The van der Waals surface area contributed by atoms with Gasteiger partial charge in [-0.25, -0.2) is 4.98 Å². The Labute approximate surface area is 143 Å². The Kier molecular flexibility index (Phi) is 4.88. The minimum Gasteiger partial charge on any atom is -0.497 e. The molecule has 0 radical (unpaired) electrons. The van der Waals surface area contributed by atoms with E-state index in [-0.39, 0.29) is 11.9 Å². The number of fused-ring (bicyclic) bond motifs is 1. The number of nitrogens with zero attached hydrogens (tertiary/aromatic N) is 3. The average molecular weight is 327 g/mol. The zero-order chi connectivity index (χ0) is 17.1. The monoisotopic (exact) mass is 327 g/mol. The van der Waals surface area contributed by atoms with Crippen LogP contribution >= 0.6 is 0 Å². The summed E-state index contributed by atoms with van der Waals surface area (Å²) in [5, 5.41) is 0. The number of hydrogen-bond acceptors (Lipinski definition) is 3. The van der Waals surface area contributed by atoms with E-state index in [0.29, 0.717) is 13.0 Å². The molecule has 0 saturated heterocycles. The van der Waals surface area contributed by atoms with Gasteiger partial charge in [0.05, 0.1) is 13.2 Å². The quantitative estimate of drug-likeness (QED) is 0.848. The number of methoxy groups -OCH3 is 1. The maximum Gasteiger partial charge on any atom is 0.224 e. The highest BCUT2D eigenvalue weighted by molar-refractivity contribution is 5.77. The highest BCUT2D eigenvalue weighted by atomic mass is 16.5. The Bertz CT molecular complexity index is 723. The second kappa shape index (κ2) is 7.07. The minimum absolute atomic E-state index is 0.0878. The van der Waals surface area contributed by atoms with Crippen LogP contribution in [0.1, 0.15) is 43.3 Å². The third-order valence-electron chi connectivity index (χ3n) is 4.90. The van der Waals surface area contributed by atoms with E-state index in [9.17, 15) is 4.79 Å². The number of amides is 1. The van der Waals surface area contributed by atoms with Crippen LogP contribution in [0.3, 0.4) is 0 Å². The van der Waals surface area contributed by atoms with Gasteiger partial charge in [-0.05, 0) is 36.6 Å². The molecule has 1 aliphatic heterocycles. The predicted octanol–water partition coefficient (Wildman–Crippen LogP) is 2.99. The molecule has 2 heterocycles. The highest BCUT2D eigenvalue weighted by Gasteiger charge is 2.27. The van der Waals surface area contributed by atoms with Gasteiger partial charge in [-0.3, -0.25) is 4.79 Å². The zero-order valence-corrected chi connectivity index (χ0v) is 14.7. The van der Waals surface area contributed by atoms with Crippen molar-refractivity contribution in [2.45, 2.75) is 45.7 Å². The fourth-order valence-electron chi connectivity index (χ4n) is 3.48. The fraction of sp³-hybridized carbons (Fsp3) is 0.474. The van der Waals surface area contributed by atoms with Crippen LogP contribution in [0.2, 0.25) is 0 Å². The molecular formula is C19H25N3O2. The standard InChI is InChI=1S/C19H25N3O2/c1-4-18-20-9-12-21(18)10-8-19(23)22-11-7-15-5-6-16(24-3)13-17(15)14(22)2/h5-6,9,12-14H,4,7-8,10-11H2,1-3H3/t14-/m0/s1. The molecule has 5 heteroatoms. The van der Waals surface area contributed by atoms with Crippen molar-refractivity contribution in [3.63, 3.8) is 0 Å². The summed E-state index contributed by atoms with van der Waals surface area (Å²) in [5.74, 6) is 2.08. The first-order chi connectivity index (χ1) is 11.6. The summed E-state index contributed by atoms with van der Waals surface area (Å²) in [6.07, 6.45) is 6.05. The van der Waals surface area contributed by atoms with E-state index in [1.165, 1.54) is 11.1 Å². The van der Waals surface area contributed by atoms with Crippen LogP contribution in [0.15, 0.2) is 30.6 Å². The largest absolute Gasteiger partial charge is 0.497 e. The Morgan fingerprint density at radius 1 is 1.42 bits per heavy atom. The molecule has 24 heavy (non-hydrogen) atoms. The van der Waals surface area contributed by atoms with E-state index in [4.69, 9.17) is 4.74 Å². The Morgan fingerprint density at radius 3 is 3.00 bits per heavy atom. The third-order valence-corrected chi connectivity index (χ3v) is 4.90. The van der Waals surface area contributed by atoms with Gasteiger partial charge in [0.25, 0.3) is 0 Å². The summed E-state index contributed by atoms with van der Waals surface area (Å²) in [4.78, 5) is 19.0. The number of aryl methyl sites for hydroxylation is 2. The van der Waals surface area contributed by atoms with Crippen molar-refractivity contribution in [1.29, 1.82) is 0 Å². The van der Waals surface area contributed by atoms with Gasteiger partial charge in [-0.1, -0.05) is 13.0 Å². The first kappa shape index (κ1) is 16.6. The molecule has 0 N–H and O–H groups in total. The molecule has 1 aromatic carbocycles. The predicted molar refractivity (Wildman–Crippen MR) is 93.0 cm³/mol. The molecule has 0 bridgehead atoms. The summed E-state index contributed by atoms with van der Waals surface area (Å²) < 4.78 is 7.41. The van der Waals surface area contributed by atoms with E-state index < -0.39 is 0 Å². The Morgan fingerprint density at radius 2 is 2.25 bits per heavy atom. The van der Waals surface area contributed by atoms with E-state index in [1.54, 1.807) is 13.3 Å². The van der Waals surface area contributed by atoms with Gasteiger partial charge < -0.3 is 14.2 Å². The van der Waals surface area contributed by atoms with Gasteiger partial charge in [0.1, 0.15) is 11.6 Å². The summed E-state index contributed by atoms with van der Waals surface area (Å²) in [5.41, 5.74) is 2.51. The van der Waals surface area contributed by atoms with Crippen molar-refractivity contribution in [3.05, 3.63) is 47.5 Å². The van der Waals surface area contributed by atoms with Crippen LogP contribution in [0.4, 0.5) is 0 Å². The molecule has 0 unspecified atom stereocenters. The smallest absolute Gasteiger partial charge is 0.224 e. The van der Waals surface area contributed by atoms with Gasteiger partial charge in [0.15, 0.2) is 0 Å². The van der Waals surface area contributed by atoms with Crippen molar-refractivity contribution < 1.29 is 9.53 Å². The van der Waals surface area contributed by atoms with Crippen LogP contribution in [0, 0.1) is 0 Å². The van der Waals surface area contributed by atoms with E-state index in [0.717, 1.165) is 31.0 Å². The average Bonchev–Trinajstić information content (AvgIpc) is 3.07. The van der Waals surface area contributed by atoms with Crippen molar-refractivity contribution in [2.75, 3.05) is 13.7 Å². The van der Waals surface area contributed by atoms with Crippen molar-refractivity contribution in [1.82, 2.24) is 14.5 Å². The lowest BCUT2D eigenvalue weighted by Crippen LogP contribution is -2.39. The Balaban J connectivity index is 1.69. The van der Waals surface area contributed by atoms with Crippen LogP contribution in [-0.4, -0.2) is 34.0 Å². The molecule has 0 saturated carbocycles. The van der Waals surface area contributed by atoms with E-state index in [1.807, 2.05) is 17.2 Å². The molecule has 5 nitrogen and oxygen atoms in total. The molecule has 0 fully saturated rings. The van der Waals surface area contributed by atoms with Crippen LogP contribution < -0.4 is 4.74 Å². The molecule has 1 atom stereocenters. The van der Waals surface area contributed by atoms with Crippen LogP contribution in [-0.2, 0) is 24.2 Å². The first-order valence-electron chi connectivity index (χ1n) is 8.60. The lowest BCUT2D eigenvalue weighted by molar-refractivity contribution is -0.134. The molecule has 1 amide bonds. The zero-order valence-electron chi connectivity index (χ0n) is 14.7. The van der Waals surface area contributed by atoms with Crippen molar-refractivity contribution in [2.24, 2.45) is 0 Å². The lowest BCUT2D eigenvalue weighted by atomic mass is 9.93. The number of rotatable bonds is 5. The van der Waals surface area contributed by atoms with Gasteiger partial charge in [0.2, 0.25) is 5.91 Å². The lowest BCUT2D eigenvalue weighted by Gasteiger charge is -2.35. The fourth-order valence-corrected chi connectivity index (χ4v) is 3.48. The Hall–Kier alpha value is -2.30. The molecule has 1 aromatic heterocycles. The van der Waals surface area contributed by atoms with Crippen LogP contribution in [0.25, 0.3) is 0 Å². The molecule has 0 spiro atoms. The minimum atomic E-state index is 0.0878. The molecular weight excluding hydrogens is 302 g/mol. The normalized spacial score (nSPS) is 16.8. The molecule has 2 aromatic rings. The van der Waals surface area contributed by atoms with Crippen molar-refractivity contribution >= 4 is 5.91 Å². The van der Waals surface area contributed by atoms with Crippen LogP contribution in [0.5, 0.6) is 5.75 Å². The van der Waals surface area contributed by atoms with Gasteiger partial charge >= 0.3 is 0 Å². The third kappa shape index (κ3) is 3.16. The first-order valence-corrected chi connectivity index (χ1v) is 8.60. The molecule has 1 aliphatic rings. The summed E-state index contributed by atoms with van der Waals surface area (Å²) in [6.45, 7) is 5.65. The van der Waals surface area contributed by atoms with Crippen molar-refractivity contribution in [3.8, 4) is 5.75 Å². The number of carbonyl (C=O) groups is 1. The number of hydrogen-bond donors (Lipinski definition) is 0. The van der Waals surface area contributed by atoms with E-state index >= 15 is 0 Å². The number of ether oxygens (including phenoxy) is 1. The van der Waals surface area contributed by atoms with E-state index in [2.05, 4.69) is 35.5 Å². The maximum atomic E-state index is 12.7. The number of carbonyl (C=O) groups excluding carboxylic acids is 1. The number of imidazole rings is 1. The molecule has 3 rings (SSSR count). The number of benzene rings is 1. The maximum absolute atomic E-state index is 12.7. The summed E-state index contributed by atoms with van der Waals surface area (Å²) in [7, 11) is 1.68. The SMILES string of the molecule is CCc1nccn1CCC(=O)N1CCc2ccc(OC)cc2[C@@H]1C.